The van der Waals surface area contributed by atoms with Crippen molar-refractivity contribution in [3.05, 3.63) is 41.1 Å². The molecule has 7 heteroatoms. The van der Waals surface area contributed by atoms with Gasteiger partial charge in [-0.3, -0.25) is 0 Å². The van der Waals surface area contributed by atoms with E-state index in [0.717, 1.165) is 30.9 Å². The average molecular weight is 356 g/mol. The van der Waals surface area contributed by atoms with Gasteiger partial charge in [0.2, 0.25) is 0 Å². The van der Waals surface area contributed by atoms with Crippen LogP contribution in [0.5, 0.6) is 11.5 Å². The van der Waals surface area contributed by atoms with Crippen molar-refractivity contribution in [2.75, 3.05) is 30.8 Å². The number of urea groups is 1. The van der Waals surface area contributed by atoms with E-state index in [9.17, 15) is 9.90 Å². The number of aryl methyl sites for hydroxylation is 1. The molecule has 1 aliphatic heterocycles. The standard InChI is InChI=1S/C19H24N4O3/c1-12-16(24)10-15(11-17(12)26-2)23-19(25)21-9-7-14-6-5-13-4-3-8-20-18(13)22-14/h5-6,10-11,24H,3-4,7-9H2,1-2H3,(H,20,22)(H2,21,23,25). The summed E-state index contributed by atoms with van der Waals surface area (Å²) >= 11 is 0. The molecule has 0 fully saturated rings. The van der Waals surface area contributed by atoms with Crippen LogP contribution in [0.3, 0.4) is 0 Å². The Morgan fingerprint density at radius 1 is 1.38 bits per heavy atom. The van der Waals surface area contributed by atoms with Gasteiger partial charge in [0.1, 0.15) is 17.3 Å². The largest absolute Gasteiger partial charge is 0.507 e. The van der Waals surface area contributed by atoms with Gasteiger partial charge in [0.15, 0.2) is 0 Å². The van der Waals surface area contributed by atoms with Gasteiger partial charge in [-0.25, -0.2) is 9.78 Å². The lowest BCUT2D eigenvalue weighted by Gasteiger charge is -2.17. The average Bonchev–Trinajstić information content (AvgIpc) is 2.64. The molecule has 0 unspecified atom stereocenters. The van der Waals surface area contributed by atoms with Crippen molar-refractivity contribution in [3.8, 4) is 11.5 Å². The molecule has 2 amide bonds. The van der Waals surface area contributed by atoms with E-state index < -0.39 is 0 Å². The molecule has 0 bridgehead atoms. The Kier molecular flexibility index (Phi) is 5.46. The summed E-state index contributed by atoms with van der Waals surface area (Å²) in [5, 5.41) is 18.7. The van der Waals surface area contributed by atoms with Gasteiger partial charge < -0.3 is 25.8 Å². The number of amides is 2. The van der Waals surface area contributed by atoms with Crippen LogP contribution in [-0.4, -0.2) is 36.3 Å². The molecule has 0 aliphatic carbocycles. The first kappa shape index (κ1) is 17.8. The Balaban J connectivity index is 1.52. The molecule has 3 rings (SSSR count). The van der Waals surface area contributed by atoms with E-state index in [-0.39, 0.29) is 11.8 Å². The normalized spacial score (nSPS) is 12.7. The van der Waals surface area contributed by atoms with E-state index in [1.807, 2.05) is 6.07 Å². The Labute approximate surface area is 152 Å². The van der Waals surface area contributed by atoms with Gasteiger partial charge in [-0.1, -0.05) is 6.07 Å². The second kappa shape index (κ2) is 7.95. The molecule has 2 aromatic rings. The number of nitrogens with zero attached hydrogens (tertiary/aromatic N) is 1. The number of rotatable bonds is 5. The van der Waals surface area contributed by atoms with Gasteiger partial charge in [0.05, 0.1) is 7.11 Å². The minimum absolute atomic E-state index is 0.0745. The van der Waals surface area contributed by atoms with Crippen LogP contribution < -0.4 is 20.7 Å². The van der Waals surface area contributed by atoms with E-state index in [2.05, 4.69) is 27.0 Å². The number of aromatic nitrogens is 1. The number of nitrogens with one attached hydrogen (secondary N) is 3. The molecule has 7 nitrogen and oxygen atoms in total. The molecular weight excluding hydrogens is 332 g/mol. The number of carbonyl (C=O) groups excluding carboxylic acids is 1. The third-order valence-electron chi connectivity index (χ3n) is 4.43. The first-order valence-electron chi connectivity index (χ1n) is 8.72. The summed E-state index contributed by atoms with van der Waals surface area (Å²) in [4.78, 5) is 16.7. The number of phenolic OH excluding ortho intramolecular Hbond substituents is 1. The van der Waals surface area contributed by atoms with E-state index in [1.54, 1.807) is 13.0 Å². The molecule has 0 radical (unpaired) electrons. The van der Waals surface area contributed by atoms with Crippen LogP contribution in [0, 0.1) is 6.92 Å². The summed E-state index contributed by atoms with van der Waals surface area (Å²) < 4.78 is 5.19. The Morgan fingerprint density at radius 2 is 2.23 bits per heavy atom. The monoisotopic (exact) mass is 356 g/mol. The maximum Gasteiger partial charge on any atom is 0.319 e. The van der Waals surface area contributed by atoms with Gasteiger partial charge in [0, 0.05) is 48.6 Å². The molecule has 26 heavy (non-hydrogen) atoms. The number of aromatic hydroxyl groups is 1. The van der Waals surface area contributed by atoms with Crippen molar-refractivity contribution in [3.63, 3.8) is 0 Å². The molecule has 0 spiro atoms. The number of hydrogen-bond donors (Lipinski definition) is 4. The zero-order chi connectivity index (χ0) is 18.5. The lowest BCUT2D eigenvalue weighted by Crippen LogP contribution is -2.30. The minimum atomic E-state index is -0.341. The SMILES string of the molecule is COc1cc(NC(=O)NCCc2ccc3c(n2)NCCC3)cc(O)c1C. The summed E-state index contributed by atoms with van der Waals surface area (Å²) in [6, 6.07) is 6.94. The van der Waals surface area contributed by atoms with E-state index in [1.165, 1.54) is 18.7 Å². The highest BCUT2D eigenvalue weighted by atomic mass is 16.5. The Bertz CT molecular complexity index is 808. The number of ether oxygens (including phenoxy) is 1. The van der Waals surface area contributed by atoms with E-state index in [4.69, 9.17) is 4.74 Å². The second-order valence-corrected chi connectivity index (χ2v) is 6.29. The Hall–Kier alpha value is -2.96. The van der Waals surface area contributed by atoms with Crippen LogP contribution in [0.25, 0.3) is 0 Å². The number of anilines is 2. The number of methoxy groups -OCH3 is 1. The molecule has 138 valence electrons. The van der Waals surface area contributed by atoms with Gasteiger partial charge in [-0.05, 0) is 31.4 Å². The molecule has 0 saturated carbocycles. The number of fused-ring (bicyclic) bond motifs is 1. The van der Waals surface area contributed by atoms with Gasteiger partial charge in [0.25, 0.3) is 0 Å². The third kappa shape index (κ3) is 4.17. The highest BCUT2D eigenvalue weighted by Crippen LogP contribution is 2.30. The fraction of sp³-hybridized carbons (Fsp3) is 0.368. The van der Waals surface area contributed by atoms with E-state index in [0.29, 0.717) is 30.0 Å². The zero-order valence-corrected chi connectivity index (χ0v) is 15.1. The van der Waals surface area contributed by atoms with Crippen LogP contribution in [0.15, 0.2) is 24.3 Å². The number of hydrogen-bond acceptors (Lipinski definition) is 5. The van der Waals surface area contributed by atoms with Crippen molar-refractivity contribution < 1.29 is 14.6 Å². The van der Waals surface area contributed by atoms with E-state index >= 15 is 0 Å². The van der Waals surface area contributed by atoms with Crippen LogP contribution in [0.4, 0.5) is 16.3 Å². The molecular formula is C19H24N4O3. The summed E-state index contributed by atoms with van der Waals surface area (Å²) in [6.45, 7) is 3.17. The number of carbonyl (C=O) groups is 1. The zero-order valence-electron chi connectivity index (χ0n) is 15.1. The fourth-order valence-corrected chi connectivity index (χ4v) is 2.94. The molecule has 4 N–H and O–H groups in total. The molecule has 1 aliphatic rings. The maximum absolute atomic E-state index is 12.1. The number of phenols is 1. The predicted molar refractivity (Wildman–Crippen MR) is 101 cm³/mol. The van der Waals surface area contributed by atoms with Crippen LogP contribution in [0.2, 0.25) is 0 Å². The predicted octanol–water partition coefficient (Wildman–Crippen LogP) is 2.83. The lowest BCUT2D eigenvalue weighted by molar-refractivity contribution is 0.252. The van der Waals surface area contributed by atoms with Crippen LogP contribution in [0.1, 0.15) is 23.2 Å². The second-order valence-electron chi connectivity index (χ2n) is 6.29. The summed E-state index contributed by atoms with van der Waals surface area (Å²) in [6.07, 6.45) is 2.84. The topological polar surface area (TPSA) is 95.5 Å². The number of pyridine rings is 1. The fourth-order valence-electron chi connectivity index (χ4n) is 2.94. The summed E-state index contributed by atoms with van der Waals surface area (Å²) in [7, 11) is 1.52. The van der Waals surface area contributed by atoms with Crippen LogP contribution in [-0.2, 0) is 12.8 Å². The minimum Gasteiger partial charge on any atom is -0.507 e. The van der Waals surface area contributed by atoms with Gasteiger partial charge in [-0.2, -0.15) is 0 Å². The van der Waals surface area contributed by atoms with Crippen LogP contribution >= 0.6 is 0 Å². The summed E-state index contributed by atoms with van der Waals surface area (Å²) in [5.74, 6) is 1.55. The van der Waals surface area contributed by atoms with Crippen molar-refractivity contribution >= 4 is 17.5 Å². The first-order valence-corrected chi connectivity index (χ1v) is 8.72. The third-order valence-corrected chi connectivity index (χ3v) is 4.43. The van der Waals surface area contributed by atoms with Crippen molar-refractivity contribution in [1.82, 2.24) is 10.3 Å². The highest BCUT2D eigenvalue weighted by Gasteiger charge is 2.11. The van der Waals surface area contributed by atoms with Crippen molar-refractivity contribution in [1.29, 1.82) is 0 Å². The molecule has 1 aromatic heterocycles. The summed E-state index contributed by atoms with van der Waals surface area (Å²) in [5.41, 5.74) is 3.29. The lowest BCUT2D eigenvalue weighted by atomic mass is 10.1. The van der Waals surface area contributed by atoms with Crippen molar-refractivity contribution in [2.45, 2.75) is 26.2 Å². The molecule has 1 aromatic carbocycles. The smallest absolute Gasteiger partial charge is 0.319 e. The maximum atomic E-state index is 12.1. The van der Waals surface area contributed by atoms with Gasteiger partial charge >= 0.3 is 6.03 Å². The number of benzene rings is 1. The Morgan fingerprint density at radius 3 is 3.04 bits per heavy atom. The molecule has 2 heterocycles. The van der Waals surface area contributed by atoms with Crippen molar-refractivity contribution in [2.24, 2.45) is 0 Å². The first-order chi connectivity index (χ1) is 12.6. The molecule has 0 atom stereocenters. The quantitative estimate of drug-likeness (QED) is 0.661. The highest BCUT2D eigenvalue weighted by molar-refractivity contribution is 5.89. The molecule has 0 saturated heterocycles. The van der Waals surface area contributed by atoms with Gasteiger partial charge in [-0.15, -0.1) is 0 Å².